The lowest BCUT2D eigenvalue weighted by atomic mass is 9.93. The number of phenolic OH excluding ortho intramolecular Hbond substituents is 1. The zero-order valence-electron chi connectivity index (χ0n) is 11.1. The molecule has 2 rings (SSSR count). The smallest absolute Gasteiger partial charge is 0.342 e. The molecule has 2 aromatic rings. The van der Waals surface area contributed by atoms with Crippen LogP contribution in [-0.2, 0) is 0 Å². The van der Waals surface area contributed by atoms with Crippen LogP contribution in [0.1, 0.15) is 25.5 Å². The van der Waals surface area contributed by atoms with E-state index in [-0.39, 0.29) is 16.9 Å². The number of hydrogen-bond donors (Lipinski definition) is 4. The fourth-order valence-electron chi connectivity index (χ4n) is 1.88. The van der Waals surface area contributed by atoms with E-state index in [4.69, 9.17) is 4.42 Å². The van der Waals surface area contributed by atoms with Crippen molar-refractivity contribution >= 4 is 11.0 Å². The number of rotatable bonds is 3. The van der Waals surface area contributed by atoms with Crippen LogP contribution in [0.3, 0.4) is 0 Å². The van der Waals surface area contributed by atoms with E-state index in [9.17, 15) is 25.2 Å². The summed E-state index contributed by atoms with van der Waals surface area (Å²) in [7, 11) is 0. The van der Waals surface area contributed by atoms with Gasteiger partial charge in [-0.05, 0) is 32.0 Å². The molecule has 0 aliphatic rings. The zero-order chi connectivity index (χ0) is 15.1. The Hall–Kier alpha value is -1.89. The Morgan fingerprint density at radius 1 is 1.20 bits per heavy atom. The van der Waals surface area contributed by atoms with Crippen molar-refractivity contribution in [2.24, 2.45) is 0 Å². The predicted molar refractivity (Wildman–Crippen MR) is 71.4 cm³/mol. The van der Waals surface area contributed by atoms with E-state index in [0.717, 1.165) is 0 Å². The summed E-state index contributed by atoms with van der Waals surface area (Å²) >= 11 is 0. The van der Waals surface area contributed by atoms with Gasteiger partial charge in [-0.15, -0.1) is 0 Å². The second kappa shape index (κ2) is 4.90. The van der Waals surface area contributed by atoms with Gasteiger partial charge in [0.15, 0.2) is 0 Å². The minimum Gasteiger partial charge on any atom is -0.508 e. The molecule has 108 valence electrons. The van der Waals surface area contributed by atoms with Crippen LogP contribution in [0, 0.1) is 0 Å². The second-order valence-corrected chi connectivity index (χ2v) is 5.25. The standard InChI is InChI=1S/C14H16O6/c1-14(2,19)12(17)11(16)9-5-7-3-4-8(15)6-10(7)20-13(9)18/h3-6,11-12,15-17,19H,1-2H3/t11-,12+/m0/s1. The Morgan fingerprint density at radius 2 is 1.85 bits per heavy atom. The Labute approximate surface area is 114 Å². The second-order valence-electron chi connectivity index (χ2n) is 5.25. The molecule has 0 amide bonds. The van der Waals surface area contributed by atoms with Crippen LogP contribution in [0.5, 0.6) is 5.75 Å². The van der Waals surface area contributed by atoms with Crippen molar-refractivity contribution in [1.82, 2.24) is 0 Å². The number of aromatic hydroxyl groups is 1. The summed E-state index contributed by atoms with van der Waals surface area (Å²) in [4.78, 5) is 11.8. The number of hydrogen-bond acceptors (Lipinski definition) is 6. The summed E-state index contributed by atoms with van der Waals surface area (Å²) in [5.41, 5.74) is -2.39. The van der Waals surface area contributed by atoms with E-state index in [1.54, 1.807) is 0 Å². The quantitative estimate of drug-likeness (QED) is 0.615. The Bertz CT molecular complexity index is 682. The number of fused-ring (bicyclic) bond motifs is 1. The van der Waals surface area contributed by atoms with Gasteiger partial charge < -0.3 is 24.8 Å². The van der Waals surface area contributed by atoms with Crippen LogP contribution in [0.4, 0.5) is 0 Å². The fraction of sp³-hybridized carbons (Fsp3) is 0.357. The maximum Gasteiger partial charge on any atom is 0.342 e. The molecular weight excluding hydrogens is 264 g/mol. The van der Waals surface area contributed by atoms with Gasteiger partial charge in [-0.2, -0.15) is 0 Å². The van der Waals surface area contributed by atoms with Gasteiger partial charge in [-0.1, -0.05) is 0 Å². The summed E-state index contributed by atoms with van der Waals surface area (Å²) in [5, 5.41) is 39.3. The highest BCUT2D eigenvalue weighted by molar-refractivity contribution is 5.78. The molecule has 1 aromatic heterocycles. The van der Waals surface area contributed by atoms with Gasteiger partial charge in [0.1, 0.15) is 23.5 Å². The Kier molecular flexibility index (Phi) is 3.56. The van der Waals surface area contributed by atoms with E-state index in [1.165, 1.54) is 38.1 Å². The molecule has 1 aromatic carbocycles. The van der Waals surface area contributed by atoms with Gasteiger partial charge in [-0.25, -0.2) is 4.79 Å². The van der Waals surface area contributed by atoms with E-state index >= 15 is 0 Å². The highest BCUT2D eigenvalue weighted by atomic mass is 16.4. The average Bonchev–Trinajstić information content (AvgIpc) is 2.35. The molecule has 0 radical (unpaired) electrons. The molecule has 0 bridgehead atoms. The van der Waals surface area contributed by atoms with Crippen molar-refractivity contribution in [3.63, 3.8) is 0 Å². The summed E-state index contributed by atoms with van der Waals surface area (Å²) in [6.07, 6.45) is -3.12. The van der Waals surface area contributed by atoms with Crippen LogP contribution in [-0.4, -0.2) is 32.1 Å². The maximum atomic E-state index is 11.8. The molecule has 0 unspecified atom stereocenters. The third-order valence-corrected chi connectivity index (χ3v) is 3.09. The molecule has 0 aliphatic carbocycles. The number of aliphatic hydroxyl groups excluding tert-OH is 2. The van der Waals surface area contributed by atoms with E-state index in [1.807, 2.05) is 0 Å². The molecule has 6 nitrogen and oxygen atoms in total. The van der Waals surface area contributed by atoms with Crippen LogP contribution in [0.15, 0.2) is 33.5 Å². The number of phenols is 1. The van der Waals surface area contributed by atoms with Gasteiger partial charge >= 0.3 is 5.63 Å². The lowest BCUT2D eigenvalue weighted by Crippen LogP contribution is -2.41. The Balaban J connectivity index is 2.52. The van der Waals surface area contributed by atoms with Gasteiger partial charge in [0.05, 0.1) is 11.2 Å². The maximum absolute atomic E-state index is 11.8. The molecule has 4 N–H and O–H groups in total. The third kappa shape index (κ3) is 2.67. The SMILES string of the molecule is CC(C)(O)[C@H](O)[C@@H](O)c1cc2ccc(O)cc2oc1=O. The van der Waals surface area contributed by atoms with E-state index in [0.29, 0.717) is 5.39 Å². The largest absolute Gasteiger partial charge is 0.508 e. The molecular formula is C14H16O6. The summed E-state index contributed by atoms with van der Waals surface area (Å²) in [5.74, 6) is -0.0505. The van der Waals surface area contributed by atoms with Gasteiger partial charge in [0, 0.05) is 11.5 Å². The van der Waals surface area contributed by atoms with Crippen molar-refractivity contribution < 1.29 is 24.8 Å². The van der Waals surface area contributed by atoms with Crippen LogP contribution >= 0.6 is 0 Å². The molecule has 0 spiro atoms. The highest BCUT2D eigenvalue weighted by Crippen LogP contribution is 2.26. The first kappa shape index (κ1) is 14.5. The highest BCUT2D eigenvalue weighted by Gasteiger charge is 2.34. The lowest BCUT2D eigenvalue weighted by Gasteiger charge is -2.28. The summed E-state index contributed by atoms with van der Waals surface area (Å²) in [6, 6.07) is 5.56. The predicted octanol–water partition coefficient (Wildman–Crippen LogP) is 0.664. The minimum atomic E-state index is -1.58. The normalized spacial score (nSPS) is 15.2. The van der Waals surface area contributed by atoms with Crippen molar-refractivity contribution in [3.8, 4) is 5.75 Å². The molecule has 0 fully saturated rings. The Morgan fingerprint density at radius 3 is 2.45 bits per heavy atom. The third-order valence-electron chi connectivity index (χ3n) is 3.09. The zero-order valence-corrected chi connectivity index (χ0v) is 11.1. The van der Waals surface area contributed by atoms with Crippen LogP contribution < -0.4 is 5.63 Å². The lowest BCUT2D eigenvalue weighted by molar-refractivity contribution is -0.108. The van der Waals surface area contributed by atoms with Crippen LogP contribution in [0.25, 0.3) is 11.0 Å². The first-order valence-corrected chi connectivity index (χ1v) is 6.05. The molecule has 0 aliphatic heterocycles. The van der Waals surface area contributed by atoms with Crippen molar-refractivity contribution in [1.29, 1.82) is 0 Å². The van der Waals surface area contributed by atoms with Gasteiger partial charge in [0.25, 0.3) is 0 Å². The topological polar surface area (TPSA) is 111 Å². The molecule has 1 heterocycles. The molecule has 2 atom stereocenters. The first-order chi connectivity index (χ1) is 9.20. The number of aliphatic hydroxyl groups is 3. The average molecular weight is 280 g/mol. The fourth-order valence-corrected chi connectivity index (χ4v) is 1.88. The molecule has 0 saturated heterocycles. The van der Waals surface area contributed by atoms with Crippen molar-refractivity contribution in [2.75, 3.05) is 0 Å². The van der Waals surface area contributed by atoms with E-state index in [2.05, 4.69) is 0 Å². The van der Waals surface area contributed by atoms with E-state index < -0.39 is 23.4 Å². The first-order valence-electron chi connectivity index (χ1n) is 6.05. The monoisotopic (exact) mass is 280 g/mol. The van der Waals surface area contributed by atoms with Gasteiger partial charge in [0.2, 0.25) is 0 Å². The van der Waals surface area contributed by atoms with Gasteiger partial charge in [-0.3, -0.25) is 0 Å². The summed E-state index contributed by atoms with van der Waals surface area (Å²) in [6.45, 7) is 2.64. The molecule has 0 saturated carbocycles. The summed E-state index contributed by atoms with van der Waals surface area (Å²) < 4.78 is 4.99. The minimum absolute atomic E-state index is 0.0505. The molecule has 6 heteroatoms. The van der Waals surface area contributed by atoms with Crippen molar-refractivity contribution in [2.45, 2.75) is 31.7 Å². The molecule has 20 heavy (non-hydrogen) atoms. The van der Waals surface area contributed by atoms with Crippen LogP contribution in [0.2, 0.25) is 0 Å². The van der Waals surface area contributed by atoms with Crippen molar-refractivity contribution in [3.05, 3.63) is 40.2 Å². The number of benzene rings is 1.